The van der Waals surface area contributed by atoms with Gasteiger partial charge in [-0.3, -0.25) is 0 Å². The molecule has 0 bridgehead atoms. The molecule has 4 nitrogen and oxygen atoms in total. The minimum absolute atomic E-state index is 0.156. The Kier molecular flexibility index (Phi) is 6.84. The first kappa shape index (κ1) is 16.0. The lowest BCUT2D eigenvalue weighted by Crippen LogP contribution is -2.07. The van der Waals surface area contributed by atoms with Crippen molar-refractivity contribution < 1.29 is 14.2 Å². The topological polar surface area (TPSA) is 39.7 Å². The van der Waals surface area contributed by atoms with Crippen LogP contribution in [0.4, 0.5) is 0 Å². The van der Waals surface area contributed by atoms with E-state index in [1.165, 1.54) is 5.54 Å². The quantitative estimate of drug-likeness (QED) is 0.840. The second kappa shape index (κ2) is 8.15. The summed E-state index contributed by atoms with van der Waals surface area (Å²) in [4.78, 5) is 0. The van der Waals surface area contributed by atoms with E-state index in [9.17, 15) is 0 Å². The Balaban J connectivity index is 3.06. The maximum atomic E-state index is 5.80. The van der Waals surface area contributed by atoms with Gasteiger partial charge in [-0.15, -0.1) is 0 Å². The minimum atomic E-state index is 0.156. The molecule has 0 saturated heterocycles. The summed E-state index contributed by atoms with van der Waals surface area (Å²) in [6.07, 6.45) is 0. The van der Waals surface area contributed by atoms with E-state index in [0.717, 1.165) is 5.56 Å². The summed E-state index contributed by atoms with van der Waals surface area (Å²) in [5, 5.41) is 3.46. The molecule has 0 atom stereocenters. The number of benzene rings is 1. The molecular weight excluding hydrogens is 289 g/mol. The van der Waals surface area contributed by atoms with Gasteiger partial charge in [-0.2, -0.15) is 0 Å². The van der Waals surface area contributed by atoms with Crippen LogP contribution >= 0.6 is 23.2 Å². The number of methoxy groups -OCH3 is 2. The van der Waals surface area contributed by atoms with E-state index in [1.54, 1.807) is 14.2 Å². The Bertz CT molecular complexity index is 425. The number of halogens is 2. The van der Waals surface area contributed by atoms with E-state index in [4.69, 9.17) is 37.4 Å². The number of nitrogens with one attached hydrogen (secondary N) is 1. The molecule has 0 unspecified atom stereocenters. The molecule has 0 spiro atoms. The molecule has 0 aliphatic rings. The molecule has 0 radical (unpaired) electrons. The third kappa shape index (κ3) is 4.49. The lowest BCUT2D eigenvalue weighted by Gasteiger charge is -2.15. The first-order chi connectivity index (χ1) is 9.15. The van der Waals surface area contributed by atoms with E-state index < -0.39 is 0 Å². The van der Waals surface area contributed by atoms with Gasteiger partial charge in [-0.1, -0.05) is 23.2 Å². The minimum Gasteiger partial charge on any atom is -0.493 e. The van der Waals surface area contributed by atoms with E-state index in [1.807, 2.05) is 19.2 Å². The van der Waals surface area contributed by atoms with Gasteiger partial charge in [0, 0.05) is 12.1 Å². The van der Waals surface area contributed by atoms with Gasteiger partial charge in [0.25, 0.3) is 0 Å². The van der Waals surface area contributed by atoms with Crippen LogP contribution in [0.1, 0.15) is 5.56 Å². The van der Waals surface area contributed by atoms with Crippen LogP contribution in [0.15, 0.2) is 22.7 Å². The van der Waals surface area contributed by atoms with Crippen molar-refractivity contribution in [3.8, 4) is 17.2 Å². The van der Waals surface area contributed by atoms with Crippen LogP contribution in [-0.4, -0.2) is 27.9 Å². The summed E-state index contributed by atoms with van der Waals surface area (Å²) in [5.74, 6) is 1.67. The highest BCUT2D eigenvalue weighted by Gasteiger charge is 2.14. The third-order valence-corrected chi connectivity index (χ3v) is 2.97. The predicted octanol–water partition coefficient (Wildman–Crippen LogP) is 3.12. The molecule has 1 aromatic carbocycles. The Morgan fingerprint density at radius 1 is 1.26 bits per heavy atom. The van der Waals surface area contributed by atoms with Gasteiger partial charge >= 0.3 is 0 Å². The highest BCUT2D eigenvalue weighted by molar-refractivity contribution is 6.36. The fourth-order valence-electron chi connectivity index (χ4n) is 1.56. The molecule has 1 rings (SSSR count). The van der Waals surface area contributed by atoms with Crippen molar-refractivity contribution in [3.05, 3.63) is 28.3 Å². The molecule has 0 saturated carbocycles. The van der Waals surface area contributed by atoms with E-state index in [2.05, 4.69) is 5.32 Å². The molecule has 0 amide bonds. The molecule has 19 heavy (non-hydrogen) atoms. The molecule has 1 aromatic rings. The Morgan fingerprint density at radius 3 is 2.26 bits per heavy atom. The molecule has 1 N–H and O–H groups in total. The largest absolute Gasteiger partial charge is 0.493 e. The van der Waals surface area contributed by atoms with Gasteiger partial charge in [0.1, 0.15) is 6.61 Å². The molecule has 6 heteroatoms. The van der Waals surface area contributed by atoms with E-state index in [-0.39, 0.29) is 6.61 Å². The van der Waals surface area contributed by atoms with Crippen molar-refractivity contribution in [2.75, 3.05) is 27.9 Å². The van der Waals surface area contributed by atoms with Crippen molar-refractivity contribution in [3.63, 3.8) is 0 Å². The van der Waals surface area contributed by atoms with Gasteiger partial charge in [0.2, 0.25) is 5.75 Å². The van der Waals surface area contributed by atoms with Gasteiger partial charge < -0.3 is 19.5 Å². The number of ether oxygens (including phenoxy) is 3. The molecule has 0 heterocycles. The fraction of sp³-hybridized carbons (Fsp3) is 0.385. The summed E-state index contributed by atoms with van der Waals surface area (Å²) < 4.78 is 16.2. The summed E-state index contributed by atoms with van der Waals surface area (Å²) in [5.41, 5.74) is 2.29. The van der Waals surface area contributed by atoms with Crippen molar-refractivity contribution in [2.45, 2.75) is 6.54 Å². The van der Waals surface area contributed by atoms with Crippen LogP contribution in [0.2, 0.25) is 0 Å². The number of rotatable bonds is 7. The van der Waals surface area contributed by atoms with E-state index in [0.29, 0.717) is 28.8 Å². The van der Waals surface area contributed by atoms with Crippen LogP contribution in [0, 0.1) is 0 Å². The predicted molar refractivity (Wildman–Crippen MR) is 77.6 cm³/mol. The molecular formula is C13H17Cl2NO3. The van der Waals surface area contributed by atoms with Gasteiger partial charge in [-0.25, -0.2) is 0 Å². The van der Waals surface area contributed by atoms with Crippen LogP contribution < -0.4 is 19.5 Å². The van der Waals surface area contributed by atoms with Gasteiger partial charge in [0.15, 0.2) is 11.5 Å². The zero-order valence-corrected chi connectivity index (χ0v) is 12.6. The maximum absolute atomic E-state index is 5.80. The Hall–Kier alpha value is -1.10. The second-order valence-corrected chi connectivity index (χ2v) is 4.41. The smallest absolute Gasteiger partial charge is 0.203 e. The van der Waals surface area contributed by atoms with E-state index >= 15 is 0 Å². The maximum Gasteiger partial charge on any atom is 0.203 e. The van der Waals surface area contributed by atoms with Gasteiger partial charge in [0.05, 0.1) is 19.3 Å². The standard InChI is InChI=1S/C13H17Cl2NO3/c1-16-7-9-4-11(17-2)13(12(5-9)18-3)19-8-10(15)6-14/h4-6,16H,7-8H2,1-3H3. The molecule has 0 aliphatic carbocycles. The zero-order chi connectivity index (χ0) is 14.3. The van der Waals surface area contributed by atoms with Gasteiger partial charge in [-0.05, 0) is 24.7 Å². The lowest BCUT2D eigenvalue weighted by molar-refractivity contribution is 0.298. The Morgan fingerprint density at radius 2 is 1.84 bits per heavy atom. The van der Waals surface area contributed by atoms with Crippen molar-refractivity contribution in [1.82, 2.24) is 5.32 Å². The van der Waals surface area contributed by atoms with Crippen LogP contribution in [0.5, 0.6) is 17.2 Å². The van der Waals surface area contributed by atoms with Crippen LogP contribution in [-0.2, 0) is 6.54 Å². The Labute approximate surface area is 123 Å². The first-order valence-electron chi connectivity index (χ1n) is 5.63. The summed E-state index contributed by atoms with van der Waals surface area (Å²) >= 11 is 11.3. The first-order valence-corrected chi connectivity index (χ1v) is 6.44. The highest BCUT2D eigenvalue weighted by atomic mass is 35.5. The van der Waals surface area contributed by atoms with Crippen LogP contribution in [0.25, 0.3) is 0 Å². The number of hydrogen-bond donors (Lipinski definition) is 1. The SMILES string of the molecule is CNCc1cc(OC)c(OCC(Cl)=CCl)c(OC)c1. The normalized spacial score (nSPS) is 11.3. The summed E-state index contributed by atoms with van der Waals surface area (Å²) in [7, 11) is 5.02. The zero-order valence-electron chi connectivity index (χ0n) is 11.1. The molecule has 0 fully saturated rings. The summed E-state index contributed by atoms with van der Waals surface area (Å²) in [6, 6.07) is 3.76. The van der Waals surface area contributed by atoms with Crippen molar-refractivity contribution >= 4 is 23.2 Å². The second-order valence-electron chi connectivity index (χ2n) is 3.70. The molecule has 0 aliphatic heterocycles. The van der Waals surface area contributed by atoms with Crippen molar-refractivity contribution in [1.29, 1.82) is 0 Å². The molecule has 106 valence electrons. The average molecular weight is 306 g/mol. The number of hydrogen-bond acceptors (Lipinski definition) is 4. The third-order valence-electron chi connectivity index (χ3n) is 2.37. The average Bonchev–Trinajstić information content (AvgIpc) is 2.44. The monoisotopic (exact) mass is 305 g/mol. The summed E-state index contributed by atoms with van der Waals surface area (Å²) in [6.45, 7) is 0.860. The van der Waals surface area contributed by atoms with Crippen molar-refractivity contribution in [2.24, 2.45) is 0 Å². The highest BCUT2D eigenvalue weighted by Crippen LogP contribution is 2.38. The lowest BCUT2D eigenvalue weighted by atomic mass is 10.2. The van der Waals surface area contributed by atoms with Crippen LogP contribution in [0.3, 0.4) is 0 Å². The fourth-order valence-corrected chi connectivity index (χ4v) is 1.67. The molecule has 0 aromatic heterocycles.